The lowest BCUT2D eigenvalue weighted by Crippen LogP contribution is -2.35. The van der Waals surface area contributed by atoms with E-state index in [0.29, 0.717) is 29.0 Å². The lowest BCUT2D eigenvalue weighted by molar-refractivity contribution is 0.0165. The van der Waals surface area contributed by atoms with Crippen LogP contribution in [0.2, 0.25) is 0 Å². The number of benzene rings is 2. The first-order chi connectivity index (χ1) is 16.2. The number of imidazole rings is 1. The Balaban J connectivity index is 0.000000623. The highest BCUT2D eigenvalue weighted by Crippen LogP contribution is 2.33. The Morgan fingerprint density at radius 1 is 1.03 bits per heavy atom. The summed E-state index contributed by atoms with van der Waals surface area (Å²) in [7, 11) is 0. The van der Waals surface area contributed by atoms with Gasteiger partial charge in [0.15, 0.2) is 5.78 Å². The summed E-state index contributed by atoms with van der Waals surface area (Å²) in [6, 6.07) is 12.1. The van der Waals surface area contributed by atoms with Crippen molar-refractivity contribution in [3.05, 3.63) is 59.2 Å². The zero-order valence-corrected chi connectivity index (χ0v) is 22.2. The second kappa shape index (κ2) is 10.5. The van der Waals surface area contributed by atoms with Crippen LogP contribution in [0.3, 0.4) is 0 Å². The molecule has 4 nitrogen and oxygen atoms in total. The number of carbonyl (C=O) groups is 1. The van der Waals surface area contributed by atoms with Crippen molar-refractivity contribution in [3.63, 3.8) is 0 Å². The molecule has 1 fully saturated rings. The van der Waals surface area contributed by atoms with Gasteiger partial charge in [0.25, 0.3) is 5.92 Å². The number of carbonyl (C=O) groups excluding carboxylic acids is 1. The van der Waals surface area contributed by atoms with Gasteiger partial charge in [-0.25, -0.2) is 13.8 Å². The van der Waals surface area contributed by atoms with E-state index in [9.17, 15) is 13.6 Å². The van der Waals surface area contributed by atoms with Crippen molar-refractivity contribution in [2.75, 3.05) is 18.0 Å². The van der Waals surface area contributed by atoms with Crippen LogP contribution in [0, 0.1) is 11.3 Å². The molecule has 6 heteroatoms. The Bertz CT molecular complexity index is 1160. The Morgan fingerprint density at radius 2 is 1.63 bits per heavy atom. The molecule has 4 rings (SSSR count). The van der Waals surface area contributed by atoms with Crippen molar-refractivity contribution in [3.8, 4) is 0 Å². The molecule has 1 aliphatic rings. The fraction of sp³-hybridized carbons (Fsp3) is 0.517. The molecule has 0 saturated carbocycles. The van der Waals surface area contributed by atoms with Gasteiger partial charge in [0.2, 0.25) is 5.95 Å². The topological polar surface area (TPSA) is 38.1 Å². The molecule has 0 spiro atoms. The van der Waals surface area contributed by atoms with Crippen LogP contribution in [0.1, 0.15) is 82.8 Å². The maximum absolute atomic E-state index is 14.2. The Morgan fingerprint density at radius 3 is 2.20 bits per heavy atom. The smallest absolute Gasteiger partial charge is 0.270 e. The van der Waals surface area contributed by atoms with Crippen molar-refractivity contribution in [1.82, 2.24) is 9.55 Å². The molecule has 0 atom stereocenters. The number of halogens is 2. The largest absolute Gasteiger partial charge is 0.342 e. The average Bonchev–Trinajstić information content (AvgIpc) is 3.10. The van der Waals surface area contributed by atoms with Crippen LogP contribution < -0.4 is 4.90 Å². The van der Waals surface area contributed by atoms with E-state index >= 15 is 0 Å². The third-order valence-electron chi connectivity index (χ3n) is 6.02. The van der Waals surface area contributed by atoms with Crippen LogP contribution >= 0.6 is 0 Å². The van der Waals surface area contributed by atoms with Gasteiger partial charge in [0.05, 0.1) is 17.6 Å². The third kappa shape index (κ3) is 7.12. The molecule has 0 amide bonds. The Labute approximate surface area is 208 Å². The molecular weight excluding hydrogens is 444 g/mol. The molecule has 0 aliphatic carbocycles. The summed E-state index contributed by atoms with van der Waals surface area (Å²) in [5.74, 6) is -1.49. The predicted molar refractivity (Wildman–Crippen MR) is 141 cm³/mol. The normalized spacial score (nSPS) is 15.2. The quantitative estimate of drug-likeness (QED) is 0.349. The van der Waals surface area contributed by atoms with E-state index < -0.39 is 5.92 Å². The monoisotopic (exact) mass is 483 g/mol. The fourth-order valence-electron chi connectivity index (χ4n) is 4.20. The molecule has 0 radical (unpaired) electrons. The molecule has 35 heavy (non-hydrogen) atoms. The van der Waals surface area contributed by atoms with Crippen molar-refractivity contribution in [1.29, 1.82) is 0 Å². The van der Waals surface area contributed by atoms with E-state index in [-0.39, 0.29) is 11.3 Å². The van der Waals surface area contributed by atoms with Crippen molar-refractivity contribution in [2.24, 2.45) is 11.3 Å². The van der Waals surface area contributed by atoms with Crippen LogP contribution in [0.4, 0.5) is 14.7 Å². The first kappa shape index (κ1) is 26.8. The summed E-state index contributed by atoms with van der Waals surface area (Å²) >= 11 is 0. The Kier molecular flexibility index (Phi) is 8.03. The van der Waals surface area contributed by atoms with Crippen LogP contribution in [-0.4, -0.2) is 28.4 Å². The standard InChI is InChI=1S/C24H27F2N3O.C5H12/c1-16-10-12-28(13-11-16)23-27-21-14-18(17(2)30)8-9-22(21)29(23)15-19-6-4-5-7-20(19)24(3,25)26;1-5(2,3)4/h4-9,14,16H,10-13,15H2,1-3H3;1-4H3. The summed E-state index contributed by atoms with van der Waals surface area (Å²) in [5.41, 5.74) is 3.28. The summed E-state index contributed by atoms with van der Waals surface area (Å²) in [4.78, 5) is 18.9. The van der Waals surface area contributed by atoms with E-state index in [1.165, 1.54) is 13.0 Å². The first-order valence-corrected chi connectivity index (χ1v) is 12.5. The van der Waals surface area contributed by atoms with Crippen LogP contribution in [-0.2, 0) is 12.5 Å². The van der Waals surface area contributed by atoms with Gasteiger partial charge >= 0.3 is 0 Å². The number of hydrogen-bond donors (Lipinski definition) is 0. The summed E-state index contributed by atoms with van der Waals surface area (Å²) in [5, 5.41) is 0. The minimum absolute atomic E-state index is 0.0178. The van der Waals surface area contributed by atoms with Crippen LogP contribution in [0.15, 0.2) is 42.5 Å². The zero-order valence-electron chi connectivity index (χ0n) is 22.2. The number of ketones is 1. The van der Waals surface area contributed by atoms with Gasteiger partial charge in [-0.1, -0.05) is 58.9 Å². The lowest BCUT2D eigenvalue weighted by atomic mass is 9.99. The highest BCUT2D eigenvalue weighted by Gasteiger charge is 2.28. The number of aromatic nitrogens is 2. The number of anilines is 1. The number of alkyl halides is 2. The summed E-state index contributed by atoms with van der Waals surface area (Å²) < 4.78 is 30.5. The second-order valence-corrected chi connectivity index (χ2v) is 11.5. The van der Waals surface area contributed by atoms with Gasteiger partial charge in [-0.3, -0.25) is 4.79 Å². The van der Waals surface area contributed by atoms with Crippen molar-refractivity contribution in [2.45, 2.75) is 73.8 Å². The SMILES string of the molecule is CC(=O)c1ccc2c(c1)nc(N1CCC(C)CC1)n2Cc1ccccc1C(C)(F)F.CC(C)(C)C. The molecule has 1 saturated heterocycles. The maximum Gasteiger partial charge on any atom is 0.270 e. The highest BCUT2D eigenvalue weighted by molar-refractivity contribution is 5.97. The first-order valence-electron chi connectivity index (χ1n) is 12.5. The van der Waals surface area contributed by atoms with Crippen molar-refractivity contribution >= 4 is 22.8 Å². The average molecular weight is 484 g/mol. The van der Waals surface area contributed by atoms with Gasteiger partial charge in [-0.2, -0.15) is 0 Å². The van der Waals surface area contributed by atoms with E-state index in [0.717, 1.165) is 49.8 Å². The van der Waals surface area contributed by atoms with E-state index in [4.69, 9.17) is 4.98 Å². The zero-order chi connectivity index (χ0) is 26.0. The molecule has 190 valence electrons. The minimum atomic E-state index is -2.92. The van der Waals surface area contributed by atoms with E-state index in [1.807, 2.05) is 10.6 Å². The van der Waals surface area contributed by atoms with E-state index in [1.54, 1.807) is 30.3 Å². The number of nitrogens with zero attached hydrogens (tertiary/aromatic N) is 3. The number of Topliss-reactive ketones (excluding diaryl/α,β-unsaturated/α-hetero) is 1. The number of rotatable bonds is 5. The molecule has 1 aliphatic heterocycles. The van der Waals surface area contributed by atoms with Gasteiger partial charge in [0, 0.05) is 31.1 Å². The van der Waals surface area contributed by atoms with Crippen LogP contribution in [0.25, 0.3) is 11.0 Å². The molecule has 2 aromatic carbocycles. The molecular formula is C29H39F2N3O. The number of hydrogen-bond acceptors (Lipinski definition) is 3. The number of fused-ring (bicyclic) bond motifs is 1. The second-order valence-electron chi connectivity index (χ2n) is 11.5. The highest BCUT2D eigenvalue weighted by atomic mass is 19.3. The summed E-state index contributed by atoms with van der Waals surface area (Å²) in [6.07, 6.45) is 2.15. The Hall–Kier alpha value is -2.76. The maximum atomic E-state index is 14.2. The lowest BCUT2D eigenvalue weighted by Gasteiger charge is -2.31. The molecule has 0 unspecified atom stereocenters. The molecule has 3 aromatic rings. The third-order valence-corrected chi connectivity index (χ3v) is 6.02. The van der Waals surface area contributed by atoms with E-state index in [2.05, 4.69) is 39.5 Å². The molecule has 2 heterocycles. The van der Waals surface area contributed by atoms with Crippen molar-refractivity contribution < 1.29 is 13.6 Å². The van der Waals surface area contributed by atoms with Gasteiger partial charge < -0.3 is 9.47 Å². The minimum Gasteiger partial charge on any atom is -0.342 e. The van der Waals surface area contributed by atoms with Gasteiger partial charge in [0.1, 0.15) is 0 Å². The van der Waals surface area contributed by atoms with Gasteiger partial charge in [-0.05, 0) is 54.9 Å². The van der Waals surface area contributed by atoms with Crippen LogP contribution in [0.5, 0.6) is 0 Å². The predicted octanol–water partition coefficient (Wildman–Crippen LogP) is 7.69. The number of piperidine rings is 1. The molecule has 1 aromatic heterocycles. The van der Waals surface area contributed by atoms with Gasteiger partial charge in [-0.15, -0.1) is 0 Å². The molecule has 0 bridgehead atoms. The summed E-state index contributed by atoms with van der Waals surface area (Å²) in [6.45, 7) is 15.5. The molecule has 0 N–H and O–H groups in total. The fourth-order valence-corrected chi connectivity index (χ4v) is 4.20.